The van der Waals surface area contributed by atoms with E-state index in [-0.39, 0.29) is 6.04 Å². The highest BCUT2D eigenvalue weighted by atomic mass is 15.3. The van der Waals surface area contributed by atoms with E-state index in [2.05, 4.69) is 41.0 Å². The van der Waals surface area contributed by atoms with Crippen LogP contribution in [0.15, 0.2) is 24.3 Å². The van der Waals surface area contributed by atoms with Crippen LogP contribution in [0.1, 0.15) is 31.9 Å². The number of rotatable bonds is 4. The third kappa shape index (κ3) is 3.24. The lowest BCUT2D eigenvalue weighted by molar-refractivity contribution is 0.258. The first-order chi connectivity index (χ1) is 8.70. The van der Waals surface area contributed by atoms with Gasteiger partial charge in [-0.2, -0.15) is 0 Å². The molecule has 18 heavy (non-hydrogen) atoms. The minimum absolute atomic E-state index is 0.125. The second-order valence-electron chi connectivity index (χ2n) is 5.21. The third-order valence-electron chi connectivity index (χ3n) is 3.70. The van der Waals surface area contributed by atoms with Gasteiger partial charge in [0.1, 0.15) is 0 Å². The number of benzene rings is 1. The highest BCUT2D eigenvalue weighted by Crippen LogP contribution is 2.19. The SMILES string of the molecule is CCCN1CCN(c2ccc(C(C)N)cc2)CC1. The molecule has 0 aliphatic carbocycles. The molecule has 0 bridgehead atoms. The van der Waals surface area contributed by atoms with E-state index in [1.165, 1.54) is 37.3 Å². The van der Waals surface area contributed by atoms with Crippen molar-refractivity contribution in [2.24, 2.45) is 5.73 Å². The quantitative estimate of drug-likeness (QED) is 0.885. The molecule has 1 saturated heterocycles. The zero-order valence-corrected chi connectivity index (χ0v) is 11.6. The Labute approximate surface area is 111 Å². The molecule has 0 amide bonds. The summed E-state index contributed by atoms with van der Waals surface area (Å²) in [4.78, 5) is 5.02. The maximum atomic E-state index is 5.87. The van der Waals surface area contributed by atoms with Gasteiger partial charge in [0, 0.05) is 37.9 Å². The molecule has 1 aliphatic rings. The summed E-state index contributed by atoms with van der Waals surface area (Å²) in [5.41, 5.74) is 8.41. The molecule has 0 spiro atoms. The van der Waals surface area contributed by atoms with Crippen molar-refractivity contribution < 1.29 is 0 Å². The van der Waals surface area contributed by atoms with Crippen LogP contribution >= 0.6 is 0 Å². The molecule has 1 atom stereocenters. The van der Waals surface area contributed by atoms with Crippen LogP contribution in [0.5, 0.6) is 0 Å². The molecule has 1 fully saturated rings. The Hall–Kier alpha value is -1.06. The fourth-order valence-corrected chi connectivity index (χ4v) is 2.53. The van der Waals surface area contributed by atoms with Gasteiger partial charge >= 0.3 is 0 Å². The Morgan fingerprint density at radius 1 is 1.11 bits per heavy atom. The zero-order valence-electron chi connectivity index (χ0n) is 11.6. The third-order valence-corrected chi connectivity index (χ3v) is 3.70. The summed E-state index contributed by atoms with van der Waals surface area (Å²) in [5.74, 6) is 0. The van der Waals surface area contributed by atoms with Crippen molar-refractivity contribution in [2.45, 2.75) is 26.3 Å². The Kier molecular flexibility index (Phi) is 4.61. The molecule has 0 radical (unpaired) electrons. The van der Waals surface area contributed by atoms with Gasteiger partial charge in [-0.25, -0.2) is 0 Å². The molecule has 3 heteroatoms. The Morgan fingerprint density at radius 2 is 1.72 bits per heavy atom. The van der Waals surface area contributed by atoms with Crippen LogP contribution in [0.3, 0.4) is 0 Å². The van der Waals surface area contributed by atoms with Crippen LogP contribution in [0.25, 0.3) is 0 Å². The lowest BCUT2D eigenvalue weighted by Gasteiger charge is -2.36. The lowest BCUT2D eigenvalue weighted by Crippen LogP contribution is -2.46. The van der Waals surface area contributed by atoms with Gasteiger partial charge in [-0.3, -0.25) is 4.90 Å². The maximum Gasteiger partial charge on any atom is 0.0367 e. The van der Waals surface area contributed by atoms with Crippen molar-refractivity contribution in [2.75, 3.05) is 37.6 Å². The van der Waals surface area contributed by atoms with Crippen molar-refractivity contribution in [3.63, 3.8) is 0 Å². The number of hydrogen-bond acceptors (Lipinski definition) is 3. The van der Waals surface area contributed by atoms with Crippen LogP contribution in [0.4, 0.5) is 5.69 Å². The molecule has 100 valence electrons. The van der Waals surface area contributed by atoms with Crippen LogP contribution in [0.2, 0.25) is 0 Å². The topological polar surface area (TPSA) is 32.5 Å². The van der Waals surface area contributed by atoms with E-state index in [0.29, 0.717) is 0 Å². The second kappa shape index (κ2) is 6.21. The fourth-order valence-electron chi connectivity index (χ4n) is 2.53. The van der Waals surface area contributed by atoms with Crippen LogP contribution in [-0.4, -0.2) is 37.6 Å². The predicted molar refractivity (Wildman–Crippen MR) is 78.0 cm³/mol. The molecule has 1 aliphatic heterocycles. The van der Waals surface area contributed by atoms with E-state index in [1.807, 2.05) is 6.92 Å². The Morgan fingerprint density at radius 3 is 2.22 bits per heavy atom. The fraction of sp³-hybridized carbons (Fsp3) is 0.600. The number of nitrogens with zero attached hydrogens (tertiary/aromatic N) is 2. The molecule has 2 rings (SSSR count). The number of piperazine rings is 1. The standard InChI is InChI=1S/C15H25N3/c1-3-8-17-9-11-18(12-10-17)15-6-4-14(5-7-15)13(2)16/h4-7,13H,3,8-12,16H2,1-2H3. The van der Waals surface area contributed by atoms with E-state index in [9.17, 15) is 0 Å². The molecule has 2 N–H and O–H groups in total. The number of hydrogen-bond donors (Lipinski definition) is 1. The molecular formula is C15H25N3. The first kappa shape index (κ1) is 13.4. The van der Waals surface area contributed by atoms with Crippen LogP contribution in [0, 0.1) is 0 Å². The molecule has 3 nitrogen and oxygen atoms in total. The predicted octanol–water partition coefficient (Wildman–Crippen LogP) is 2.24. The molecular weight excluding hydrogens is 222 g/mol. The van der Waals surface area contributed by atoms with E-state index in [4.69, 9.17) is 5.73 Å². The monoisotopic (exact) mass is 247 g/mol. The van der Waals surface area contributed by atoms with E-state index >= 15 is 0 Å². The largest absolute Gasteiger partial charge is 0.369 e. The molecule has 1 heterocycles. The Bertz CT molecular complexity index is 351. The van der Waals surface area contributed by atoms with Gasteiger partial charge in [-0.05, 0) is 37.6 Å². The van der Waals surface area contributed by atoms with Crippen molar-refractivity contribution >= 4 is 5.69 Å². The van der Waals surface area contributed by atoms with Gasteiger partial charge < -0.3 is 10.6 Å². The minimum atomic E-state index is 0.125. The minimum Gasteiger partial charge on any atom is -0.369 e. The smallest absolute Gasteiger partial charge is 0.0367 e. The average Bonchev–Trinajstić information content (AvgIpc) is 2.40. The molecule has 1 aromatic carbocycles. The van der Waals surface area contributed by atoms with Gasteiger partial charge in [-0.15, -0.1) is 0 Å². The first-order valence-electron chi connectivity index (χ1n) is 7.03. The van der Waals surface area contributed by atoms with E-state index < -0.39 is 0 Å². The van der Waals surface area contributed by atoms with Gasteiger partial charge in [0.05, 0.1) is 0 Å². The molecule has 1 unspecified atom stereocenters. The van der Waals surface area contributed by atoms with Crippen molar-refractivity contribution in [3.05, 3.63) is 29.8 Å². The summed E-state index contributed by atoms with van der Waals surface area (Å²) in [7, 11) is 0. The number of anilines is 1. The summed E-state index contributed by atoms with van der Waals surface area (Å²) in [6.45, 7) is 10.1. The van der Waals surface area contributed by atoms with Crippen molar-refractivity contribution in [1.82, 2.24) is 4.90 Å². The van der Waals surface area contributed by atoms with Crippen LogP contribution in [-0.2, 0) is 0 Å². The second-order valence-corrected chi connectivity index (χ2v) is 5.21. The molecule has 0 saturated carbocycles. The van der Waals surface area contributed by atoms with Gasteiger partial charge in [0.2, 0.25) is 0 Å². The highest BCUT2D eigenvalue weighted by Gasteiger charge is 2.16. The van der Waals surface area contributed by atoms with Gasteiger partial charge in [0.15, 0.2) is 0 Å². The average molecular weight is 247 g/mol. The maximum absolute atomic E-state index is 5.87. The van der Waals surface area contributed by atoms with Crippen LogP contribution < -0.4 is 10.6 Å². The molecule has 0 aromatic heterocycles. The van der Waals surface area contributed by atoms with Crippen molar-refractivity contribution in [3.8, 4) is 0 Å². The number of nitrogens with two attached hydrogens (primary N) is 1. The Balaban J connectivity index is 1.93. The first-order valence-corrected chi connectivity index (χ1v) is 7.03. The van der Waals surface area contributed by atoms with Gasteiger partial charge in [-0.1, -0.05) is 19.1 Å². The summed E-state index contributed by atoms with van der Waals surface area (Å²) >= 11 is 0. The summed E-state index contributed by atoms with van der Waals surface area (Å²) in [6, 6.07) is 8.83. The summed E-state index contributed by atoms with van der Waals surface area (Å²) < 4.78 is 0. The normalized spacial score (nSPS) is 18.9. The summed E-state index contributed by atoms with van der Waals surface area (Å²) in [6.07, 6.45) is 1.25. The zero-order chi connectivity index (χ0) is 13.0. The van der Waals surface area contributed by atoms with E-state index in [0.717, 1.165) is 13.1 Å². The lowest BCUT2D eigenvalue weighted by atomic mass is 10.1. The summed E-state index contributed by atoms with van der Waals surface area (Å²) in [5, 5.41) is 0. The van der Waals surface area contributed by atoms with Crippen molar-refractivity contribution in [1.29, 1.82) is 0 Å². The van der Waals surface area contributed by atoms with E-state index in [1.54, 1.807) is 0 Å². The van der Waals surface area contributed by atoms with Gasteiger partial charge in [0.25, 0.3) is 0 Å². The molecule has 1 aromatic rings. The highest BCUT2D eigenvalue weighted by molar-refractivity contribution is 5.48.